The summed E-state index contributed by atoms with van der Waals surface area (Å²) in [6.07, 6.45) is -1.78. The zero-order valence-corrected chi connectivity index (χ0v) is 17.9. The third-order valence-electron chi connectivity index (χ3n) is 5.65. The summed E-state index contributed by atoms with van der Waals surface area (Å²) in [5.41, 5.74) is 1.25. The van der Waals surface area contributed by atoms with Crippen LogP contribution in [0.4, 0.5) is 22.0 Å². The van der Waals surface area contributed by atoms with Gasteiger partial charge in [-0.3, -0.25) is 9.69 Å². The van der Waals surface area contributed by atoms with Crippen molar-refractivity contribution in [3.63, 3.8) is 0 Å². The summed E-state index contributed by atoms with van der Waals surface area (Å²) >= 11 is 6.35. The lowest BCUT2D eigenvalue weighted by Gasteiger charge is -2.37. The number of hydrogen-bond donors (Lipinski definition) is 2. The predicted molar refractivity (Wildman–Crippen MR) is 111 cm³/mol. The summed E-state index contributed by atoms with van der Waals surface area (Å²) in [5, 5.41) is 3.63. The van der Waals surface area contributed by atoms with E-state index in [1.54, 1.807) is 29.3 Å². The van der Waals surface area contributed by atoms with E-state index in [0.29, 0.717) is 5.39 Å². The lowest BCUT2D eigenvalue weighted by atomic mass is 10.0. The second kappa shape index (κ2) is 8.86. The van der Waals surface area contributed by atoms with Gasteiger partial charge in [0.2, 0.25) is 5.82 Å². The molecule has 0 radical (unpaired) electrons. The molecule has 0 aliphatic carbocycles. The molecule has 0 bridgehead atoms. The Labute approximate surface area is 190 Å². The maximum Gasteiger partial charge on any atom is 0.451 e. The fourth-order valence-electron chi connectivity index (χ4n) is 3.83. The van der Waals surface area contributed by atoms with E-state index < -0.39 is 42.7 Å². The smallest absolute Gasteiger partial charge is 0.361 e. The van der Waals surface area contributed by atoms with E-state index in [0.717, 1.165) is 17.9 Å². The van der Waals surface area contributed by atoms with E-state index in [1.807, 2.05) is 0 Å². The van der Waals surface area contributed by atoms with Crippen LogP contribution in [0.15, 0.2) is 36.8 Å². The van der Waals surface area contributed by atoms with Gasteiger partial charge in [-0.25, -0.2) is 18.7 Å². The molecule has 1 unspecified atom stereocenters. The second-order valence-corrected chi connectivity index (χ2v) is 8.20. The summed E-state index contributed by atoms with van der Waals surface area (Å²) in [6, 6.07) is 4.28. The van der Waals surface area contributed by atoms with Crippen LogP contribution in [0.1, 0.15) is 40.6 Å². The number of nitrogens with one attached hydrogen (secondary N) is 2. The third-order valence-corrected chi connectivity index (χ3v) is 6.06. The lowest BCUT2D eigenvalue weighted by molar-refractivity contribution is -0.145. The molecule has 2 aromatic heterocycles. The van der Waals surface area contributed by atoms with Gasteiger partial charge < -0.3 is 10.3 Å². The van der Waals surface area contributed by atoms with Gasteiger partial charge in [-0.1, -0.05) is 11.6 Å². The number of likely N-dealkylation sites (tertiary alicyclic amines) is 1. The Kier molecular flexibility index (Phi) is 6.28. The van der Waals surface area contributed by atoms with Gasteiger partial charge in [0.15, 0.2) is 0 Å². The fraction of sp³-hybridized carbons (Fsp3) is 0.381. The van der Waals surface area contributed by atoms with Crippen molar-refractivity contribution < 1.29 is 26.7 Å². The Hall–Kier alpha value is -2.79. The van der Waals surface area contributed by atoms with E-state index in [2.05, 4.69) is 20.3 Å². The molecule has 1 aliphatic rings. The van der Waals surface area contributed by atoms with Crippen LogP contribution in [-0.2, 0) is 6.18 Å². The van der Waals surface area contributed by atoms with E-state index in [1.165, 1.54) is 0 Å². The molecule has 1 aliphatic heterocycles. The number of H-pyrrole nitrogens is 1. The number of piperidine rings is 1. The van der Waals surface area contributed by atoms with E-state index >= 15 is 0 Å². The topological polar surface area (TPSA) is 73.9 Å². The summed E-state index contributed by atoms with van der Waals surface area (Å²) in [5.74, 6) is -4.60. The highest BCUT2D eigenvalue weighted by atomic mass is 35.5. The number of hydrogen-bond acceptors (Lipinski definition) is 4. The van der Waals surface area contributed by atoms with Gasteiger partial charge in [-0.15, -0.1) is 0 Å². The Balaban J connectivity index is 1.55. The van der Waals surface area contributed by atoms with Crippen molar-refractivity contribution in [2.24, 2.45) is 0 Å². The Morgan fingerprint density at radius 1 is 1.18 bits per heavy atom. The van der Waals surface area contributed by atoms with Crippen molar-refractivity contribution in [1.29, 1.82) is 0 Å². The average Bonchev–Trinajstić information content (AvgIpc) is 3.24. The van der Waals surface area contributed by atoms with Gasteiger partial charge in [-0.05, 0) is 18.2 Å². The molecule has 6 nitrogen and oxygen atoms in total. The molecule has 1 amide bonds. The van der Waals surface area contributed by atoms with Crippen molar-refractivity contribution >= 4 is 28.4 Å². The molecule has 2 N–H and O–H groups in total. The van der Waals surface area contributed by atoms with Gasteiger partial charge in [0, 0.05) is 67.5 Å². The van der Waals surface area contributed by atoms with Crippen LogP contribution in [-0.4, -0.2) is 51.3 Å². The maximum absolute atomic E-state index is 13.6. The molecular weight excluding hydrogens is 469 g/mol. The fourth-order valence-corrected chi connectivity index (χ4v) is 4.15. The zero-order chi connectivity index (χ0) is 23.8. The zero-order valence-electron chi connectivity index (χ0n) is 17.1. The average molecular weight is 488 g/mol. The normalized spacial score (nSPS) is 17.8. The van der Waals surface area contributed by atoms with Crippen LogP contribution in [0.2, 0.25) is 5.02 Å². The van der Waals surface area contributed by atoms with Crippen molar-refractivity contribution in [3.8, 4) is 0 Å². The minimum Gasteiger partial charge on any atom is -0.361 e. The second-order valence-electron chi connectivity index (χ2n) is 7.82. The minimum atomic E-state index is -4.71. The Morgan fingerprint density at radius 3 is 2.48 bits per heavy atom. The first-order valence-electron chi connectivity index (χ1n) is 10.1. The van der Waals surface area contributed by atoms with Crippen LogP contribution in [0.5, 0.6) is 0 Å². The SMILES string of the molecule is O=C(NCC(c1cnc(C(F)(F)F)nc1)N1CCC(F)(F)CC1)c1ccc2[nH]ccc2c1Cl. The molecule has 3 aromatic rings. The van der Waals surface area contributed by atoms with Crippen molar-refractivity contribution in [2.45, 2.75) is 31.0 Å². The molecule has 0 spiro atoms. The number of nitrogens with zero attached hydrogens (tertiary/aromatic N) is 3. The lowest BCUT2D eigenvalue weighted by Crippen LogP contribution is -2.45. The predicted octanol–water partition coefficient (Wildman–Crippen LogP) is 4.83. The van der Waals surface area contributed by atoms with Crippen molar-refractivity contribution in [3.05, 3.63) is 58.8 Å². The van der Waals surface area contributed by atoms with E-state index in [-0.39, 0.29) is 35.8 Å². The van der Waals surface area contributed by atoms with Gasteiger partial charge in [-0.2, -0.15) is 13.2 Å². The minimum absolute atomic E-state index is 0.00459. The molecule has 1 saturated heterocycles. The molecule has 1 fully saturated rings. The molecule has 0 saturated carbocycles. The number of aromatic amines is 1. The highest BCUT2D eigenvalue weighted by Gasteiger charge is 2.38. The van der Waals surface area contributed by atoms with Crippen LogP contribution < -0.4 is 5.32 Å². The van der Waals surface area contributed by atoms with Crippen molar-refractivity contribution in [1.82, 2.24) is 25.2 Å². The largest absolute Gasteiger partial charge is 0.451 e. The number of halogens is 6. The molecule has 1 atom stereocenters. The number of fused-ring (bicyclic) bond motifs is 1. The Bertz CT molecular complexity index is 1140. The standard InChI is InChI=1S/C21H19ClF5N5O/c22-17-13-3-6-28-15(13)2-1-14(17)18(33)29-11-16(32-7-4-20(23,24)5-8-32)12-9-30-19(31-10-12)21(25,26)27/h1-3,6,9-10,16,28H,4-5,7-8,11H2,(H,29,33). The van der Waals surface area contributed by atoms with Crippen LogP contribution in [0.3, 0.4) is 0 Å². The highest BCUT2D eigenvalue weighted by molar-refractivity contribution is 6.38. The Morgan fingerprint density at radius 2 is 1.85 bits per heavy atom. The molecule has 12 heteroatoms. The molecule has 3 heterocycles. The molecule has 1 aromatic carbocycles. The summed E-state index contributed by atoms with van der Waals surface area (Å²) in [6.45, 7) is -0.0458. The van der Waals surface area contributed by atoms with Crippen LogP contribution >= 0.6 is 11.6 Å². The van der Waals surface area contributed by atoms with Crippen LogP contribution in [0.25, 0.3) is 10.9 Å². The van der Waals surface area contributed by atoms with Crippen LogP contribution in [0, 0.1) is 0 Å². The maximum atomic E-state index is 13.6. The number of benzene rings is 1. The number of aromatic nitrogens is 3. The monoisotopic (exact) mass is 487 g/mol. The quantitative estimate of drug-likeness (QED) is 0.505. The summed E-state index contributed by atoms with van der Waals surface area (Å²) in [4.78, 5) is 24.2. The number of alkyl halides is 5. The first-order chi connectivity index (χ1) is 15.5. The summed E-state index contributed by atoms with van der Waals surface area (Å²) in [7, 11) is 0. The first kappa shape index (κ1) is 23.4. The van der Waals surface area contributed by atoms with E-state index in [4.69, 9.17) is 11.6 Å². The van der Waals surface area contributed by atoms with Gasteiger partial charge in [0.25, 0.3) is 11.8 Å². The number of carbonyl (C=O) groups is 1. The van der Waals surface area contributed by atoms with Gasteiger partial charge >= 0.3 is 6.18 Å². The highest BCUT2D eigenvalue weighted by Crippen LogP contribution is 2.33. The van der Waals surface area contributed by atoms with Crippen molar-refractivity contribution in [2.75, 3.05) is 19.6 Å². The molecule has 33 heavy (non-hydrogen) atoms. The molecular formula is C21H19ClF5N5O. The number of rotatable bonds is 5. The molecule has 4 rings (SSSR count). The van der Waals surface area contributed by atoms with Gasteiger partial charge in [0.05, 0.1) is 16.6 Å². The summed E-state index contributed by atoms with van der Waals surface area (Å²) < 4.78 is 65.8. The van der Waals surface area contributed by atoms with Gasteiger partial charge in [0.1, 0.15) is 0 Å². The first-order valence-corrected chi connectivity index (χ1v) is 10.5. The third kappa shape index (κ3) is 5.09. The van der Waals surface area contributed by atoms with E-state index in [9.17, 15) is 26.7 Å². The number of carbonyl (C=O) groups excluding carboxylic acids is 1. The molecule has 176 valence electrons. The number of amides is 1.